The van der Waals surface area contributed by atoms with Gasteiger partial charge in [-0.2, -0.15) is 5.10 Å². The molecule has 0 radical (unpaired) electrons. The molecule has 0 spiro atoms. The average Bonchev–Trinajstić information content (AvgIpc) is 2.58. The summed E-state index contributed by atoms with van der Waals surface area (Å²) >= 11 is 0. The smallest absolute Gasteiger partial charge is 0.347 e. The lowest BCUT2D eigenvalue weighted by Crippen LogP contribution is -2.15. The molecule has 2 aromatic rings. The number of H-pyrrole nitrogens is 1. The molecule has 0 atom stereocenters. The number of hydrogen-bond donors (Lipinski definition) is 2. The molecule has 0 aliphatic heterocycles. The SMILES string of the molecule is Cc1cc(-n2cn[nH]c2=O)c(C)cc1N. The van der Waals surface area contributed by atoms with Crippen LogP contribution in [0.15, 0.2) is 23.3 Å². The summed E-state index contributed by atoms with van der Waals surface area (Å²) in [4.78, 5) is 11.4. The second kappa shape index (κ2) is 3.27. The second-order valence-electron chi connectivity index (χ2n) is 3.53. The summed E-state index contributed by atoms with van der Waals surface area (Å²) in [5.41, 5.74) is 8.95. The number of nitrogens with one attached hydrogen (secondary N) is 1. The minimum Gasteiger partial charge on any atom is -0.399 e. The normalized spacial score (nSPS) is 10.5. The van der Waals surface area contributed by atoms with Crippen LogP contribution in [0.25, 0.3) is 5.69 Å². The van der Waals surface area contributed by atoms with Crippen LogP contribution in [0, 0.1) is 13.8 Å². The summed E-state index contributed by atoms with van der Waals surface area (Å²) in [5.74, 6) is 0. The van der Waals surface area contributed by atoms with Gasteiger partial charge in [0.05, 0.1) is 5.69 Å². The van der Waals surface area contributed by atoms with Gasteiger partial charge in [0.25, 0.3) is 0 Å². The Labute approximate surface area is 86.5 Å². The predicted octanol–water partition coefficient (Wildman–Crippen LogP) is 0.760. The molecule has 1 heterocycles. The van der Waals surface area contributed by atoms with Crippen molar-refractivity contribution in [2.75, 3.05) is 5.73 Å². The van der Waals surface area contributed by atoms with E-state index in [0.717, 1.165) is 22.5 Å². The molecule has 0 saturated carbocycles. The van der Waals surface area contributed by atoms with Crippen LogP contribution in [-0.2, 0) is 0 Å². The Kier molecular flexibility index (Phi) is 2.07. The molecule has 5 nitrogen and oxygen atoms in total. The van der Waals surface area contributed by atoms with E-state index >= 15 is 0 Å². The maximum Gasteiger partial charge on any atom is 0.347 e. The fourth-order valence-corrected chi connectivity index (χ4v) is 1.50. The van der Waals surface area contributed by atoms with E-state index in [2.05, 4.69) is 10.2 Å². The number of nitrogen functional groups attached to an aromatic ring is 1. The standard InChI is InChI=1S/C10H12N4O/c1-6-4-9(7(2)3-8(6)11)14-5-12-13-10(14)15/h3-5H,11H2,1-2H3,(H,13,15). The van der Waals surface area contributed by atoms with Crippen molar-refractivity contribution in [3.8, 4) is 5.69 Å². The summed E-state index contributed by atoms with van der Waals surface area (Å²) < 4.78 is 1.46. The van der Waals surface area contributed by atoms with Crippen LogP contribution in [-0.4, -0.2) is 14.8 Å². The highest BCUT2D eigenvalue weighted by molar-refractivity contribution is 5.56. The Balaban J connectivity index is 2.69. The molecule has 0 unspecified atom stereocenters. The van der Waals surface area contributed by atoms with E-state index < -0.39 is 0 Å². The Bertz CT molecular complexity index is 553. The Morgan fingerprint density at radius 3 is 2.67 bits per heavy atom. The van der Waals surface area contributed by atoms with E-state index in [1.807, 2.05) is 26.0 Å². The Morgan fingerprint density at radius 2 is 2.07 bits per heavy atom. The van der Waals surface area contributed by atoms with Crippen LogP contribution in [0.4, 0.5) is 5.69 Å². The minimum absolute atomic E-state index is 0.248. The maximum atomic E-state index is 11.4. The number of aryl methyl sites for hydroxylation is 2. The van der Waals surface area contributed by atoms with E-state index in [4.69, 9.17) is 5.73 Å². The zero-order chi connectivity index (χ0) is 11.0. The van der Waals surface area contributed by atoms with Crippen molar-refractivity contribution in [3.63, 3.8) is 0 Å². The zero-order valence-electron chi connectivity index (χ0n) is 8.61. The van der Waals surface area contributed by atoms with Gasteiger partial charge in [-0.1, -0.05) is 0 Å². The van der Waals surface area contributed by atoms with Crippen molar-refractivity contribution < 1.29 is 0 Å². The fourth-order valence-electron chi connectivity index (χ4n) is 1.50. The van der Waals surface area contributed by atoms with Gasteiger partial charge in [-0.3, -0.25) is 0 Å². The van der Waals surface area contributed by atoms with Crippen LogP contribution in [0.2, 0.25) is 0 Å². The molecule has 15 heavy (non-hydrogen) atoms. The van der Waals surface area contributed by atoms with Gasteiger partial charge in [0.15, 0.2) is 0 Å². The largest absolute Gasteiger partial charge is 0.399 e. The second-order valence-corrected chi connectivity index (χ2v) is 3.53. The molecule has 3 N–H and O–H groups in total. The number of aromatic amines is 1. The van der Waals surface area contributed by atoms with E-state index in [-0.39, 0.29) is 5.69 Å². The molecule has 78 valence electrons. The lowest BCUT2D eigenvalue weighted by Gasteiger charge is -2.08. The summed E-state index contributed by atoms with van der Waals surface area (Å²) in [7, 11) is 0. The van der Waals surface area contributed by atoms with Gasteiger partial charge in [-0.05, 0) is 37.1 Å². The lowest BCUT2D eigenvalue weighted by atomic mass is 10.1. The predicted molar refractivity (Wildman–Crippen MR) is 58.1 cm³/mol. The number of benzene rings is 1. The van der Waals surface area contributed by atoms with Crippen LogP contribution in [0.1, 0.15) is 11.1 Å². The van der Waals surface area contributed by atoms with Crippen molar-refractivity contribution in [2.45, 2.75) is 13.8 Å². The molecule has 5 heteroatoms. The van der Waals surface area contributed by atoms with Crippen LogP contribution in [0.5, 0.6) is 0 Å². The number of hydrogen-bond acceptors (Lipinski definition) is 3. The molecule has 0 bridgehead atoms. The number of rotatable bonds is 1. The van der Waals surface area contributed by atoms with Gasteiger partial charge in [0.1, 0.15) is 6.33 Å². The lowest BCUT2D eigenvalue weighted by molar-refractivity contribution is 0.971. The minimum atomic E-state index is -0.248. The fraction of sp³-hybridized carbons (Fsp3) is 0.200. The first-order valence-electron chi connectivity index (χ1n) is 4.58. The summed E-state index contributed by atoms with van der Waals surface area (Å²) in [6.07, 6.45) is 1.46. The molecule has 0 fully saturated rings. The third-order valence-corrected chi connectivity index (χ3v) is 2.40. The Morgan fingerprint density at radius 1 is 1.33 bits per heavy atom. The van der Waals surface area contributed by atoms with Crippen LogP contribution in [0.3, 0.4) is 0 Å². The first kappa shape index (κ1) is 9.51. The summed E-state index contributed by atoms with van der Waals surface area (Å²) in [6.45, 7) is 3.81. The molecule has 0 aliphatic carbocycles. The van der Waals surface area contributed by atoms with Gasteiger partial charge in [0, 0.05) is 5.69 Å². The zero-order valence-corrected chi connectivity index (χ0v) is 8.61. The highest BCUT2D eigenvalue weighted by atomic mass is 16.1. The molecular formula is C10H12N4O. The van der Waals surface area contributed by atoms with Crippen molar-refractivity contribution >= 4 is 5.69 Å². The van der Waals surface area contributed by atoms with Gasteiger partial charge < -0.3 is 5.73 Å². The van der Waals surface area contributed by atoms with E-state index in [1.165, 1.54) is 10.9 Å². The first-order chi connectivity index (χ1) is 7.09. The van der Waals surface area contributed by atoms with Gasteiger partial charge >= 0.3 is 5.69 Å². The third kappa shape index (κ3) is 1.52. The van der Waals surface area contributed by atoms with Crippen molar-refractivity contribution in [1.82, 2.24) is 14.8 Å². The third-order valence-electron chi connectivity index (χ3n) is 2.40. The topological polar surface area (TPSA) is 76.7 Å². The molecule has 0 saturated heterocycles. The van der Waals surface area contributed by atoms with Crippen LogP contribution >= 0.6 is 0 Å². The molecule has 1 aromatic carbocycles. The number of aromatic nitrogens is 3. The summed E-state index contributed by atoms with van der Waals surface area (Å²) in [5, 5.41) is 6.04. The van der Waals surface area contributed by atoms with E-state index in [9.17, 15) is 4.79 Å². The van der Waals surface area contributed by atoms with Gasteiger partial charge in [-0.25, -0.2) is 14.5 Å². The quantitative estimate of drug-likeness (QED) is 0.673. The van der Waals surface area contributed by atoms with Crippen molar-refractivity contribution in [3.05, 3.63) is 40.1 Å². The van der Waals surface area contributed by atoms with Gasteiger partial charge in [-0.15, -0.1) is 0 Å². The van der Waals surface area contributed by atoms with Gasteiger partial charge in [0.2, 0.25) is 0 Å². The maximum absolute atomic E-state index is 11.4. The Hall–Kier alpha value is -2.04. The van der Waals surface area contributed by atoms with E-state index in [1.54, 1.807) is 0 Å². The first-order valence-corrected chi connectivity index (χ1v) is 4.58. The van der Waals surface area contributed by atoms with Crippen molar-refractivity contribution in [2.24, 2.45) is 0 Å². The number of nitrogens with two attached hydrogens (primary N) is 1. The van der Waals surface area contributed by atoms with Crippen LogP contribution < -0.4 is 11.4 Å². The van der Waals surface area contributed by atoms with E-state index in [0.29, 0.717) is 0 Å². The average molecular weight is 204 g/mol. The molecular weight excluding hydrogens is 192 g/mol. The highest BCUT2D eigenvalue weighted by Crippen LogP contribution is 2.19. The molecule has 2 rings (SSSR count). The van der Waals surface area contributed by atoms with Crippen molar-refractivity contribution in [1.29, 1.82) is 0 Å². The molecule has 0 amide bonds. The highest BCUT2D eigenvalue weighted by Gasteiger charge is 2.06. The molecule has 0 aliphatic rings. The monoisotopic (exact) mass is 204 g/mol. The molecule has 1 aromatic heterocycles. The summed E-state index contributed by atoms with van der Waals surface area (Å²) in [6, 6.07) is 3.73. The number of anilines is 1. The number of nitrogens with zero attached hydrogens (tertiary/aromatic N) is 2.